The van der Waals surface area contributed by atoms with E-state index in [1.165, 1.54) is 22.5 Å². The van der Waals surface area contributed by atoms with Crippen LogP contribution >= 0.6 is 11.6 Å². The lowest BCUT2D eigenvalue weighted by Gasteiger charge is -2.26. The topological polar surface area (TPSA) is 128 Å². The summed E-state index contributed by atoms with van der Waals surface area (Å²) in [7, 11) is -3.80. The normalized spacial score (nSPS) is 14.2. The predicted molar refractivity (Wildman–Crippen MR) is 145 cm³/mol. The standard InChI is InChI=1S/C27H23ClN4O6S/c28-21-9-8-18(39(35,36)32-11-13-37-14-12-32)15-24(21)31-26(33)17-38-27(34)20-16-25(23-7-3-4-10-29-23)30-22-6-2-1-5-19(20)22/h1-10,15-16H,11-14,17H2,(H,31,33). The number of esters is 1. The van der Waals surface area contributed by atoms with Crippen LogP contribution in [-0.2, 0) is 24.3 Å². The van der Waals surface area contributed by atoms with Gasteiger partial charge in [-0.1, -0.05) is 35.9 Å². The molecule has 0 atom stereocenters. The van der Waals surface area contributed by atoms with Crippen LogP contribution in [0.3, 0.4) is 0 Å². The summed E-state index contributed by atoms with van der Waals surface area (Å²) in [5.41, 5.74) is 1.94. The zero-order chi connectivity index (χ0) is 27.4. The number of nitrogens with one attached hydrogen (secondary N) is 1. The number of benzene rings is 2. The van der Waals surface area contributed by atoms with E-state index in [0.29, 0.717) is 35.5 Å². The second-order valence-electron chi connectivity index (χ2n) is 8.57. The number of ether oxygens (including phenoxy) is 2. The maximum Gasteiger partial charge on any atom is 0.339 e. The molecule has 12 heteroatoms. The second kappa shape index (κ2) is 11.5. The van der Waals surface area contributed by atoms with Gasteiger partial charge in [0.15, 0.2) is 6.61 Å². The Balaban J connectivity index is 1.32. The fraction of sp³-hybridized carbons (Fsp3) is 0.185. The van der Waals surface area contributed by atoms with Crippen LogP contribution in [0, 0.1) is 0 Å². The average molecular weight is 567 g/mol. The second-order valence-corrected chi connectivity index (χ2v) is 10.9. The Morgan fingerprint density at radius 3 is 2.54 bits per heavy atom. The number of morpholine rings is 1. The maximum absolute atomic E-state index is 13.1. The summed E-state index contributed by atoms with van der Waals surface area (Å²) in [4.78, 5) is 34.6. The molecule has 2 aromatic heterocycles. The highest BCUT2D eigenvalue weighted by molar-refractivity contribution is 7.89. The summed E-state index contributed by atoms with van der Waals surface area (Å²) in [6.07, 6.45) is 1.63. The van der Waals surface area contributed by atoms with E-state index in [2.05, 4.69) is 15.3 Å². The van der Waals surface area contributed by atoms with Crippen molar-refractivity contribution in [1.29, 1.82) is 0 Å². The fourth-order valence-corrected chi connectivity index (χ4v) is 5.68. The summed E-state index contributed by atoms with van der Waals surface area (Å²) < 4.78 is 37.8. The number of halogens is 1. The minimum atomic E-state index is -3.80. The molecular formula is C27H23ClN4O6S. The van der Waals surface area contributed by atoms with Crippen LogP contribution in [0.5, 0.6) is 0 Å². The van der Waals surface area contributed by atoms with Gasteiger partial charge in [0.25, 0.3) is 5.91 Å². The first-order valence-electron chi connectivity index (χ1n) is 12.0. The molecule has 2 aromatic carbocycles. The van der Waals surface area contributed by atoms with Gasteiger partial charge in [0.2, 0.25) is 10.0 Å². The molecule has 39 heavy (non-hydrogen) atoms. The van der Waals surface area contributed by atoms with Gasteiger partial charge in [-0.05, 0) is 42.5 Å². The number of nitrogens with zero attached hydrogens (tertiary/aromatic N) is 3. The molecule has 0 bridgehead atoms. The van der Waals surface area contributed by atoms with Gasteiger partial charge in [-0.2, -0.15) is 4.31 Å². The molecule has 5 rings (SSSR count). The van der Waals surface area contributed by atoms with E-state index in [-0.39, 0.29) is 34.3 Å². The molecule has 200 valence electrons. The van der Waals surface area contributed by atoms with Gasteiger partial charge in [0.05, 0.1) is 51.3 Å². The highest BCUT2D eigenvalue weighted by Gasteiger charge is 2.27. The molecular weight excluding hydrogens is 544 g/mol. The van der Waals surface area contributed by atoms with E-state index in [4.69, 9.17) is 21.1 Å². The van der Waals surface area contributed by atoms with Gasteiger partial charge in [-0.3, -0.25) is 9.78 Å². The Hall–Kier alpha value is -3.90. The monoisotopic (exact) mass is 566 g/mol. The van der Waals surface area contributed by atoms with Gasteiger partial charge in [-0.25, -0.2) is 18.2 Å². The molecule has 4 aromatic rings. The predicted octanol–water partition coefficient (Wildman–Crippen LogP) is 3.77. The number of sulfonamides is 1. The number of para-hydroxylation sites is 1. The van der Waals surface area contributed by atoms with Crippen molar-refractivity contribution in [3.05, 3.63) is 83.5 Å². The van der Waals surface area contributed by atoms with Crippen molar-refractivity contribution >= 4 is 50.1 Å². The van der Waals surface area contributed by atoms with Crippen molar-refractivity contribution in [1.82, 2.24) is 14.3 Å². The highest BCUT2D eigenvalue weighted by Crippen LogP contribution is 2.28. The number of fused-ring (bicyclic) bond motifs is 1. The molecule has 0 saturated carbocycles. The number of aromatic nitrogens is 2. The smallest absolute Gasteiger partial charge is 0.339 e. The molecule has 1 N–H and O–H groups in total. The van der Waals surface area contributed by atoms with Crippen LogP contribution < -0.4 is 5.32 Å². The van der Waals surface area contributed by atoms with Crippen LogP contribution in [0.2, 0.25) is 5.02 Å². The Bertz CT molecular complexity index is 1640. The third-order valence-electron chi connectivity index (χ3n) is 6.02. The van der Waals surface area contributed by atoms with Gasteiger partial charge in [-0.15, -0.1) is 0 Å². The van der Waals surface area contributed by atoms with Crippen molar-refractivity contribution in [2.45, 2.75) is 4.90 Å². The number of carbonyl (C=O) groups excluding carboxylic acids is 2. The summed E-state index contributed by atoms with van der Waals surface area (Å²) in [5, 5.41) is 3.23. The molecule has 1 amide bonds. The molecule has 1 saturated heterocycles. The first-order chi connectivity index (χ1) is 18.8. The number of anilines is 1. The lowest BCUT2D eigenvalue weighted by molar-refractivity contribution is -0.119. The number of pyridine rings is 2. The molecule has 10 nitrogen and oxygen atoms in total. The first kappa shape index (κ1) is 26.7. The Kier molecular flexibility index (Phi) is 7.84. The number of hydrogen-bond donors (Lipinski definition) is 1. The Labute approximate surface area is 229 Å². The van der Waals surface area contributed by atoms with E-state index in [0.717, 1.165) is 0 Å². The zero-order valence-electron chi connectivity index (χ0n) is 20.5. The summed E-state index contributed by atoms with van der Waals surface area (Å²) in [6.45, 7) is 0.448. The first-order valence-corrected chi connectivity index (χ1v) is 13.8. The van der Waals surface area contributed by atoms with Gasteiger partial charge < -0.3 is 14.8 Å². The minimum absolute atomic E-state index is 0.0219. The van der Waals surface area contributed by atoms with E-state index < -0.39 is 28.5 Å². The third kappa shape index (κ3) is 5.91. The number of hydrogen-bond acceptors (Lipinski definition) is 8. The van der Waals surface area contributed by atoms with E-state index in [1.807, 2.05) is 6.07 Å². The quantitative estimate of drug-likeness (QED) is 0.335. The van der Waals surface area contributed by atoms with Crippen LogP contribution in [0.4, 0.5) is 5.69 Å². The lowest BCUT2D eigenvalue weighted by Crippen LogP contribution is -2.40. The molecule has 0 radical (unpaired) electrons. The highest BCUT2D eigenvalue weighted by atomic mass is 35.5. The maximum atomic E-state index is 13.1. The van der Waals surface area contributed by atoms with E-state index in [9.17, 15) is 18.0 Å². The molecule has 1 aliphatic heterocycles. The van der Waals surface area contributed by atoms with E-state index in [1.54, 1.807) is 48.7 Å². The van der Waals surface area contributed by atoms with Crippen molar-refractivity contribution < 1.29 is 27.5 Å². The molecule has 1 fully saturated rings. The van der Waals surface area contributed by atoms with Crippen molar-refractivity contribution in [2.24, 2.45) is 0 Å². The summed E-state index contributed by atoms with van der Waals surface area (Å²) >= 11 is 6.21. The van der Waals surface area contributed by atoms with Gasteiger partial charge >= 0.3 is 5.97 Å². The van der Waals surface area contributed by atoms with E-state index >= 15 is 0 Å². The third-order valence-corrected chi connectivity index (χ3v) is 8.24. The number of carbonyl (C=O) groups is 2. The SMILES string of the molecule is O=C(COC(=O)c1cc(-c2ccccn2)nc2ccccc12)Nc1cc(S(=O)(=O)N2CCOCC2)ccc1Cl. The van der Waals surface area contributed by atoms with Gasteiger partial charge in [0.1, 0.15) is 0 Å². The zero-order valence-corrected chi connectivity index (χ0v) is 22.1. The minimum Gasteiger partial charge on any atom is -0.452 e. The van der Waals surface area contributed by atoms with Crippen molar-refractivity contribution in [3.8, 4) is 11.4 Å². The van der Waals surface area contributed by atoms with Crippen molar-refractivity contribution in [3.63, 3.8) is 0 Å². The molecule has 1 aliphatic rings. The van der Waals surface area contributed by atoms with Gasteiger partial charge in [0, 0.05) is 24.7 Å². The Morgan fingerprint density at radius 2 is 1.77 bits per heavy atom. The molecule has 0 spiro atoms. The van der Waals surface area contributed by atoms with Crippen LogP contribution in [0.15, 0.2) is 77.8 Å². The molecule has 0 unspecified atom stereocenters. The number of amides is 1. The number of rotatable bonds is 7. The largest absolute Gasteiger partial charge is 0.452 e. The fourth-order valence-electron chi connectivity index (χ4n) is 4.08. The van der Waals surface area contributed by atoms with Crippen molar-refractivity contribution in [2.75, 3.05) is 38.2 Å². The average Bonchev–Trinajstić information content (AvgIpc) is 2.97. The van der Waals surface area contributed by atoms with Crippen LogP contribution in [0.1, 0.15) is 10.4 Å². The molecule has 3 heterocycles. The van der Waals surface area contributed by atoms with Crippen LogP contribution in [-0.4, -0.2) is 67.5 Å². The summed E-state index contributed by atoms with van der Waals surface area (Å²) in [6, 6.07) is 18.1. The lowest BCUT2D eigenvalue weighted by atomic mass is 10.1. The summed E-state index contributed by atoms with van der Waals surface area (Å²) in [5.74, 6) is -1.41. The Morgan fingerprint density at radius 1 is 1.00 bits per heavy atom. The molecule has 0 aliphatic carbocycles. The van der Waals surface area contributed by atoms with Crippen LogP contribution in [0.25, 0.3) is 22.3 Å².